The van der Waals surface area contributed by atoms with Gasteiger partial charge in [0.25, 0.3) is 0 Å². The molecule has 1 aromatic rings. The van der Waals surface area contributed by atoms with E-state index in [2.05, 4.69) is 10.3 Å². The van der Waals surface area contributed by atoms with Crippen LogP contribution < -0.4 is 11.2 Å². The van der Waals surface area contributed by atoms with Gasteiger partial charge in [0, 0.05) is 34.2 Å². The molecule has 0 radical (unpaired) electrons. The highest BCUT2D eigenvalue weighted by molar-refractivity contribution is 6.35. The molecule has 0 spiro atoms. The summed E-state index contributed by atoms with van der Waals surface area (Å²) in [5.74, 6) is 4.78. The first-order chi connectivity index (χ1) is 13.3. The van der Waals surface area contributed by atoms with Gasteiger partial charge < -0.3 is 15.3 Å². The molecule has 0 aromatic heterocycles. The Hall–Kier alpha value is -1.70. The quantitative estimate of drug-likeness (QED) is 0.255. The summed E-state index contributed by atoms with van der Waals surface area (Å²) in [5.41, 5.74) is 1.59. The van der Waals surface area contributed by atoms with E-state index in [-0.39, 0.29) is 41.5 Å². The monoisotopic (exact) mass is 463 g/mol. The molecule has 0 atom stereocenters. The van der Waals surface area contributed by atoms with E-state index in [1.54, 1.807) is 12.2 Å². The maximum atomic E-state index is 12.1. The second-order valence-electron chi connectivity index (χ2n) is 5.72. The predicted octanol–water partition coefficient (Wildman–Crippen LogP) is 4.11. The lowest BCUT2D eigenvalue weighted by Gasteiger charge is -2.09. The molecule has 1 amide bonds. The summed E-state index contributed by atoms with van der Waals surface area (Å²) in [4.78, 5) is 20.9. The van der Waals surface area contributed by atoms with Crippen molar-refractivity contribution in [2.75, 3.05) is 13.1 Å². The van der Waals surface area contributed by atoms with Crippen molar-refractivity contribution in [2.45, 2.75) is 12.3 Å². The van der Waals surface area contributed by atoms with Gasteiger partial charge in [-0.15, -0.1) is 11.6 Å². The normalized spacial score (nSPS) is 14.6. The van der Waals surface area contributed by atoms with E-state index in [1.807, 2.05) is 6.08 Å². The minimum Gasteiger partial charge on any atom is -0.506 e. The molecule has 1 aliphatic carbocycles. The SMILES string of the molecule is NOC(=NCC(=O)NCC1=CCC(Cl)=CC(Cl)=C1)c1cc(Cl)c(O)c(CCl)c1. The number of carbonyl (C=O) groups is 1. The van der Waals surface area contributed by atoms with Crippen LogP contribution in [0.3, 0.4) is 0 Å². The standard InChI is InChI=1S/C18H17Cl4N3O3/c19-7-12-4-11(5-15(22)17(12)27)18(28-23)25-9-16(26)24-8-10-1-2-13(20)6-14(21)3-10/h1,3-6,27H,2,7-9,23H2,(H,24,26). The van der Waals surface area contributed by atoms with Gasteiger partial charge in [-0.2, -0.15) is 5.90 Å². The Balaban J connectivity index is 2.02. The summed E-state index contributed by atoms with van der Waals surface area (Å²) < 4.78 is 0. The second kappa shape index (κ2) is 10.7. The van der Waals surface area contributed by atoms with Crippen LogP contribution in [-0.4, -0.2) is 30.0 Å². The lowest BCUT2D eigenvalue weighted by molar-refractivity contribution is -0.119. The smallest absolute Gasteiger partial charge is 0.242 e. The van der Waals surface area contributed by atoms with E-state index in [9.17, 15) is 9.90 Å². The third-order valence-corrected chi connectivity index (χ3v) is 4.74. The number of amides is 1. The number of aromatic hydroxyl groups is 1. The molecule has 1 aliphatic rings. The molecule has 0 bridgehead atoms. The van der Waals surface area contributed by atoms with Crippen LogP contribution in [0.5, 0.6) is 5.75 Å². The van der Waals surface area contributed by atoms with Crippen molar-refractivity contribution in [1.82, 2.24) is 5.32 Å². The molecule has 0 saturated carbocycles. The van der Waals surface area contributed by atoms with Crippen LogP contribution in [0, 0.1) is 0 Å². The molecule has 150 valence electrons. The molecule has 0 fully saturated rings. The zero-order valence-electron chi connectivity index (χ0n) is 14.5. The third kappa shape index (κ3) is 6.43. The van der Waals surface area contributed by atoms with Crippen LogP contribution in [-0.2, 0) is 15.5 Å². The van der Waals surface area contributed by atoms with Crippen molar-refractivity contribution in [3.05, 3.63) is 62.1 Å². The molecular weight excluding hydrogens is 448 g/mol. The van der Waals surface area contributed by atoms with Gasteiger partial charge in [-0.25, -0.2) is 4.99 Å². The van der Waals surface area contributed by atoms with Gasteiger partial charge in [-0.05, 0) is 29.9 Å². The van der Waals surface area contributed by atoms with Gasteiger partial charge in [0.1, 0.15) is 12.3 Å². The van der Waals surface area contributed by atoms with Gasteiger partial charge >= 0.3 is 0 Å². The van der Waals surface area contributed by atoms with Gasteiger partial charge in [0.15, 0.2) is 0 Å². The van der Waals surface area contributed by atoms with Crippen molar-refractivity contribution < 1.29 is 14.7 Å². The van der Waals surface area contributed by atoms with E-state index in [4.69, 9.17) is 57.1 Å². The Labute approximate surface area is 182 Å². The van der Waals surface area contributed by atoms with Gasteiger partial charge in [0.05, 0.1) is 10.9 Å². The molecule has 1 aromatic carbocycles. The fraction of sp³-hybridized carbons (Fsp3) is 0.222. The lowest BCUT2D eigenvalue weighted by Crippen LogP contribution is -2.28. The first-order valence-electron chi connectivity index (χ1n) is 8.02. The molecule has 0 unspecified atom stereocenters. The summed E-state index contributed by atoms with van der Waals surface area (Å²) in [6, 6.07) is 2.94. The van der Waals surface area contributed by atoms with Crippen molar-refractivity contribution >= 4 is 58.2 Å². The summed E-state index contributed by atoms with van der Waals surface area (Å²) >= 11 is 23.7. The minimum atomic E-state index is -0.356. The number of rotatable bonds is 6. The summed E-state index contributed by atoms with van der Waals surface area (Å²) in [7, 11) is 0. The van der Waals surface area contributed by atoms with E-state index in [1.165, 1.54) is 12.1 Å². The molecule has 0 saturated heterocycles. The maximum Gasteiger partial charge on any atom is 0.242 e. The lowest BCUT2D eigenvalue weighted by atomic mass is 10.1. The third-order valence-electron chi connectivity index (χ3n) is 3.68. The summed E-state index contributed by atoms with van der Waals surface area (Å²) in [6.45, 7) is 0.0355. The van der Waals surface area contributed by atoms with Crippen LogP contribution in [0.4, 0.5) is 0 Å². The number of nitrogens with two attached hydrogens (primary N) is 1. The van der Waals surface area contributed by atoms with Crippen LogP contribution in [0.25, 0.3) is 0 Å². The molecule has 28 heavy (non-hydrogen) atoms. The molecular formula is C18H17Cl4N3O3. The van der Waals surface area contributed by atoms with E-state index < -0.39 is 0 Å². The van der Waals surface area contributed by atoms with Crippen molar-refractivity contribution in [1.29, 1.82) is 0 Å². The Morgan fingerprint density at radius 2 is 2.04 bits per heavy atom. The average Bonchev–Trinajstić information content (AvgIpc) is 2.82. The Bertz CT molecular complexity index is 879. The van der Waals surface area contributed by atoms with Gasteiger partial charge in [-0.3, -0.25) is 4.79 Å². The molecule has 6 nitrogen and oxygen atoms in total. The van der Waals surface area contributed by atoms with Crippen LogP contribution in [0.2, 0.25) is 5.02 Å². The highest BCUT2D eigenvalue weighted by Crippen LogP contribution is 2.30. The fourth-order valence-corrected chi connectivity index (χ4v) is 3.28. The first-order valence-corrected chi connectivity index (χ1v) is 9.68. The Morgan fingerprint density at radius 1 is 1.29 bits per heavy atom. The average molecular weight is 465 g/mol. The molecule has 0 heterocycles. The number of carbonyl (C=O) groups excluding carboxylic acids is 1. The number of nitrogens with zero attached hydrogens (tertiary/aromatic N) is 1. The highest BCUT2D eigenvalue weighted by atomic mass is 35.5. The number of halogens is 4. The number of aliphatic imine (C=N–C) groups is 1. The molecule has 10 heteroatoms. The second-order valence-corrected chi connectivity index (χ2v) is 7.32. The van der Waals surface area contributed by atoms with Crippen LogP contribution in [0.15, 0.2) is 51.0 Å². The number of hydrogen-bond donors (Lipinski definition) is 3. The summed E-state index contributed by atoms with van der Waals surface area (Å²) in [5, 5.41) is 13.7. The zero-order chi connectivity index (χ0) is 20.7. The number of nitrogens with one attached hydrogen (secondary N) is 1. The minimum absolute atomic E-state index is 0.0176. The van der Waals surface area contributed by atoms with Crippen molar-refractivity contribution in [3.63, 3.8) is 0 Å². The number of allylic oxidation sites excluding steroid dienone is 4. The maximum absolute atomic E-state index is 12.1. The van der Waals surface area contributed by atoms with Gasteiger partial charge in [-0.1, -0.05) is 40.9 Å². The topological polar surface area (TPSA) is 96.9 Å². The largest absolute Gasteiger partial charge is 0.506 e. The Kier molecular flexibility index (Phi) is 8.66. The highest BCUT2D eigenvalue weighted by Gasteiger charge is 2.13. The number of alkyl halides is 1. The van der Waals surface area contributed by atoms with Gasteiger partial charge in [0.2, 0.25) is 11.8 Å². The zero-order valence-corrected chi connectivity index (χ0v) is 17.5. The van der Waals surface area contributed by atoms with Crippen molar-refractivity contribution in [3.8, 4) is 5.75 Å². The molecule has 0 aliphatic heterocycles. The number of phenols is 1. The number of benzene rings is 1. The van der Waals surface area contributed by atoms with E-state index >= 15 is 0 Å². The van der Waals surface area contributed by atoms with Crippen LogP contribution >= 0.6 is 46.4 Å². The Morgan fingerprint density at radius 3 is 2.71 bits per heavy atom. The fourth-order valence-electron chi connectivity index (χ4n) is 2.32. The first kappa shape index (κ1) is 22.6. The van der Waals surface area contributed by atoms with E-state index in [0.29, 0.717) is 27.6 Å². The molecule has 4 N–H and O–H groups in total. The van der Waals surface area contributed by atoms with E-state index in [0.717, 1.165) is 5.57 Å². The number of hydrogen-bond acceptors (Lipinski definition) is 5. The van der Waals surface area contributed by atoms with Crippen molar-refractivity contribution in [2.24, 2.45) is 10.9 Å². The number of phenolic OH excluding ortho intramolecular Hbond substituents is 1. The summed E-state index contributed by atoms with van der Waals surface area (Å²) in [6.07, 6.45) is 5.79. The molecule has 2 rings (SSSR count). The predicted molar refractivity (Wildman–Crippen MR) is 113 cm³/mol. The van der Waals surface area contributed by atoms with Crippen LogP contribution in [0.1, 0.15) is 17.5 Å².